The van der Waals surface area contributed by atoms with Crippen LogP contribution in [0.3, 0.4) is 0 Å². The van der Waals surface area contributed by atoms with Gasteiger partial charge in [0.15, 0.2) is 5.67 Å². The lowest BCUT2D eigenvalue weighted by Gasteiger charge is -2.36. The highest BCUT2D eigenvalue weighted by Crippen LogP contribution is 2.65. The van der Waals surface area contributed by atoms with E-state index in [4.69, 9.17) is 11.6 Å². The molecule has 13 heteroatoms. The molecule has 10 nitrogen and oxygen atoms in total. The van der Waals surface area contributed by atoms with Crippen molar-refractivity contribution in [3.63, 3.8) is 0 Å². The maximum absolute atomic E-state index is 14.4. The number of hydrogen-bond donors (Lipinski definition) is 3. The Bertz CT molecular complexity index is 1020. The molecule has 0 bridgehead atoms. The summed E-state index contributed by atoms with van der Waals surface area (Å²) in [5.41, 5.74) is -2.24. The lowest BCUT2D eigenvalue weighted by molar-refractivity contribution is -0.151. The summed E-state index contributed by atoms with van der Waals surface area (Å²) in [7, 11) is 0. The highest BCUT2D eigenvalue weighted by Gasteiger charge is 2.70. The molecule has 0 aromatic rings. The van der Waals surface area contributed by atoms with Gasteiger partial charge in [-0.25, -0.2) is 13.8 Å². The molecule has 0 spiro atoms. The van der Waals surface area contributed by atoms with Gasteiger partial charge in [-0.3, -0.25) is 29.4 Å². The number of nitrogens with one attached hydrogen (secondary N) is 3. The summed E-state index contributed by atoms with van der Waals surface area (Å²) in [5, 5.41) is 5.91. The third-order valence-corrected chi connectivity index (χ3v) is 9.07. The molecular formula is C25H36ClF2N5O5. The fourth-order valence-electron chi connectivity index (χ4n) is 5.83. The Morgan fingerprint density at radius 3 is 2.45 bits per heavy atom. The normalized spacial score (nSPS) is 30.4. The zero-order chi connectivity index (χ0) is 28.2. The number of nitrogens with zero attached hydrogens (tertiary/aromatic N) is 2. The van der Waals surface area contributed by atoms with E-state index in [2.05, 4.69) is 16.1 Å². The first-order valence-electron chi connectivity index (χ1n) is 13.2. The standard InChI is InChI=1S/C25H36ClF2N5O5/c1-5-12(2)16(30-23(38)25(28)7-8-25)21(36)32-11-14-15(24(14,3)4)17(32)20(35)31-33(22(37)18(26)27)10-13-6-9-29-19(13)34/h12-18H,5-11H2,1-4H3,(H,29,34)(H,30,38)(H,31,35)/t12-,13-,14-,15-,16-,17-,18+/m0/s1. The average molecular weight is 560 g/mol. The van der Waals surface area contributed by atoms with Crippen molar-refractivity contribution >= 4 is 41.1 Å². The molecule has 212 valence electrons. The van der Waals surface area contributed by atoms with E-state index < -0.39 is 52.9 Å². The van der Waals surface area contributed by atoms with E-state index in [-0.39, 0.29) is 55.0 Å². The van der Waals surface area contributed by atoms with Gasteiger partial charge in [-0.05, 0) is 42.4 Å². The van der Waals surface area contributed by atoms with Gasteiger partial charge in [0.1, 0.15) is 12.1 Å². The number of carbonyl (C=O) groups excluding carboxylic acids is 5. The van der Waals surface area contributed by atoms with Crippen LogP contribution in [0.15, 0.2) is 0 Å². The number of rotatable bonds is 9. The van der Waals surface area contributed by atoms with Gasteiger partial charge in [-0.2, -0.15) is 0 Å². The summed E-state index contributed by atoms with van der Waals surface area (Å²) in [5.74, 6) is -4.80. The van der Waals surface area contributed by atoms with E-state index in [9.17, 15) is 32.8 Å². The number of alkyl halides is 3. The predicted octanol–water partition coefficient (Wildman–Crippen LogP) is 1.03. The number of fused-ring (bicyclic) bond motifs is 1. The van der Waals surface area contributed by atoms with Crippen LogP contribution in [-0.4, -0.2) is 82.5 Å². The topological polar surface area (TPSA) is 128 Å². The number of hydrazine groups is 1. The minimum absolute atomic E-state index is 0.00172. The Morgan fingerprint density at radius 2 is 1.92 bits per heavy atom. The van der Waals surface area contributed by atoms with Gasteiger partial charge < -0.3 is 15.5 Å². The molecule has 2 heterocycles. The third kappa shape index (κ3) is 5.20. The minimum Gasteiger partial charge on any atom is -0.356 e. The number of halogens is 3. The molecule has 2 saturated heterocycles. The molecule has 5 amide bonds. The zero-order valence-electron chi connectivity index (χ0n) is 22.1. The third-order valence-electron chi connectivity index (χ3n) is 8.89. The number of amides is 5. The molecule has 4 fully saturated rings. The average Bonchev–Trinajstić information content (AvgIpc) is 3.54. The number of likely N-dealkylation sites (tertiary alicyclic amines) is 1. The predicted molar refractivity (Wildman–Crippen MR) is 132 cm³/mol. The van der Waals surface area contributed by atoms with Crippen molar-refractivity contribution in [1.29, 1.82) is 0 Å². The molecule has 0 aromatic heterocycles. The van der Waals surface area contributed by atoms with Crippen LogP contribution in [0.2, 0.25) is 0 Å². The monoisotopic (exact) mass is 559 g/mol. The molecule has 0 unspecified atom stereocenters. The maximum atomic E-state index is 14.4. The van der Waals surface area contributed by atoms with Crippen LogP contribution in [0.25, 0.3) is 0 Å². The second-order valence-electron chi connectivity index (χ2n) is 11.7. The Kier molecular flexibility index (Phi) is 7.68. The van der Waals surface area contributed by atoms with Crippen molar-refractivity contribution in [2.45, 2.75) is 76.8 Å². The quantitative estimate of drug-likeness (QED) is 0.287. The van der Waals surface area contributed by atoms with Crippen LogP contribution in [-0.2, 0) is 24.0 Å². The minimum atomic E-state index is -2.44. The Balaban J connectivity index is 1.55. The molecule has 0 radical (unpaired) electrons. The molecule has 4 rings (SSSR count). The summed E-state index contributed by atoms with van der Waals surface area (Å²) in [6.45, 7) is 7.93. The van der Waals surface area contributed by atoms with Crippen molar-refractivity contribution in [3.05, 3.63) is 0 Å². The first-order chi connectivity index (χ1) is 17.7. The fraction of sp³-hybridized carbons (Fsp3) is 0.800. The van der Waals surface area contributed by atoms with Crippen LogP contribution >= 0.6 is 11.6 Å². The van der Waals surface area contributed by atoms with Gasteiger partial charge in [0, 0.05) is 13.1 Å². The van der Waals surface area contributed by atoms with E-state index in [1.807, 2.05) is 20.8 Å². The van der Waals surface area contributed by atoms with Gasteiger partial charge >= 0.3 is 0 Å². The Hall–Kier alpha value is -2.50. The van der Waals surface area contributed by atoms with Crippen LogP contribution in [0.1, 0.15) is 53.4 Å². The molecule has 3 N–H and O–H groups in total. The van der Waals surface area contributed by atoms with Gasteiger partial charge in [-0.15, -0.1) is 0 Å². The number of piperidine rings is 1. The molecular weight excluding hydrogens is 524 g/mol. The summed E-state index contributed by atoms with van der Waals surface area (Å²) < 4.78 is 28.2. The highest BCUT2D eigenvalue weighted by atomic mass is 35.5. The summed E-state index contributed by atoms with van der Waals surface area (Å²) in [6.07, 6.45) is 1.13. The van der Waals surface area contributed by atoms with Crippen molar-refractivity contribution in [2.75, 3.05) is 19.6 Å². The largest absolute Gasteiger partial charge is 0.356 e. The lowest BCUT2D eigenvalue weighted by atomic mass is 9.95. The number of hydrogen-bond acceptors (Lipinski definition) is 5. The first kappa shape index (κ1) is 28.5. The van der Waals surface area contributed by atoms with Gasteiger partial charge in [-0.1, -0.05) is 45.7 Å². The molecule has 2 aliphatic carbocycles. The second-order valence-corrected chi connectivity index (χ2v) is 12.1. The van der Waals surface area contributed by atoms with Crippen LogP contribution in [0.5, 0.6) is 0 Å². The second kappa shape index (κ2) is 10.2. The smallest absolute Gasteiger partial charge is 0.291 e. The maximum Gasteiger partial charge on any atom is 0.291 e. The van der Waals surface area contributed by atoms with Gasteiger partial charge in [0.2, 0.25) is 11.8 Å². The molecule has 0 aromatic carbocycles. The lowest BCUT2D eigenvalue weighted by Crippen LogP contribution is -2.61. The van der Waals surface area contributed by atoms with Crippen LogP contribution in [0, 0.1) is 29.1 Å². The van der Waals surface area contributed by atoms with Crippen molar-refractivity contribution in [1.82, 2.24) is 26.0 Å². The van der Waals surface area contributed by atoms with Gasteiger partial charge in [0.25, 0.3) is 23.4 Å². The summed E-state index contributed by atoms with van der Waals surface area (Å²) in [4.78, 5) is 65.8. The first-order valence-corrected chi connectivity index (χ1v) is 13.6. The van der Waals surface area contributed by atoms with E-state index >= 15 is 0 Å². The molecule has 7 atom stereocenters. The van der Waals surface area contributed by atoms with Crippen LogP contribution < -0.4 is 16.1 Å². The molecule has 2 saturated carbocycles. The van der Waals surface area contributed by atoms with Gasteiger partial charge in [0.05, 0.1) is 12.5 Å². The number of carbonyl (C=O) groups is 5. The molecule has 2 aliphatic heterocycles. The Morgan fingerprint density at radius 1 is 1.26 bits per heavy atom. The summed E-state index contributed by atoms with van der Waals surface area (Å²) >= 11 is 5.39. The van der Waals surface area contributed by atoms with Crippen molar-refractivity contribution < 1.29 is 32.8 Å². The summed E-state index contributed by atoms with van der Waals surface area (Å²) in [6, 6.07) is -2.04. The molecule has 38 heavy (non-hydrogen) atoms. The highest BCUT2D eigenvalue weighted by molar-refractivity contribution is 6.29. The van der Waals surface area contributed by atoms with Crippen molar-refractivity contribution in [2.24, 2.45) is 29.1 Å². The van der Waals surface area contributed by atoms with E-state index in [0.29, 0.717) is 19.4 Å². The van der Waals surface area contributed by atoms with E-state index in [1.165, 1.54) is 4.90 Å². The van der Waals surface area contributed by atoms with Crippen LogP contribution in [0.4, 0.5) is 8.78 Å². The Labute approximate surface area is 225 Å². The molecule has 4 aliphatic rings. The zero-order valence-corrected chi connectivity index (χ0v) is 22.8. The van der Waals surface area contributed by atoms with Crippen molar-refractivity contribution in [3.8, 4) is 0 Å². The fourth-order valence-corrected chi connectivity index (χ4v) is 5.95. The SMILES string of the molecule is CC[C@H](C)[C@H](NC(=O)C1(F)CC1)C(=O)N1C[C@H]2[C@@H]([C@H]1C(=O)NN(C[C@@H]1CCNC1=O)C(=O)[C@@H](F)Cl)C2(C)C. The van der Waals surface area contributed by atoms with E-state index in [0.717, 1.165) is 5.01 Å². The van der Waals surface area contributed by atoms with E-state index in [1.54, 1.807) is 6.92 Å².